The summed E-state index contributed by atoms with van der Waals surface area (Å²) < 4.78 is 12.0. The van der Waals surface area contributed by atoms with Crippen molar-refractivity contribution in [2.45, 2.75) is 57.7 Å². The molecule has 142 valence electrons. The lowest BCUT2D eigenvalue weighted by atomic mass is 9.77. The van der Waals surface area contributed by atoms with Gasteiger partial charge in [0.2, 0.25) is 5.91 Å². The van der Waals surface area contributed by atoms with Gasteiger partial charge < -0.3 is 14.4 Å². The van der Waals surface area contributed by atoms with Crippen LogP contribution in [-0.4, -0.2) is 47.7 Å². The van der Waals surface area contributed by atoms with Gasteiger partial charge >= 0.3 is 0 Å². The maximum Gasteiger partial charge on any atom is 0.225 e. The van der Waals surface area contributed by atoms with Crippen molar-refractivity contribution >= 4 is 5.91 Å². The molecular weight excluding hydrogens is 328 g/mol. The van der Waals surface area contributed by atoms with Crippen LogP contribution in [-0.2, 0) is 20.9 Å². The van der Waals surface area contributed by atoms with E-state index in [0.717, 1.165) is 64.0 Å². The molecule has 0 N–H and O–H groups in total. The number of pyridine rings is 1. The molecule has 1 aliphatic carbocycles. The molecular formula is C21H30N2O3. The van der Waals surface area contributed by atoms with Crippen molar-refractivity contribution in [1.82, 2.24) is 9.88 Å². The Labute approximate surface area is 156 Å². The summed E-state index contributed by atoms with van der Waals surface area (Å²) in [5, 5.41) is 0. The van der Waals surface area contributed by atoms with Crippen LogP contribution in [0.4, 0.5) is 0 Å². The molecule has 2 aliphatic heterocycles. The Morgan fingerprint density at radius 3 is 2.92 bits per heavy atom. The fraction of sp³-hybridized carbons (Fsp3) is 0.714. The lowest BCUT2D eigenvalue weighted by Crippen LogP contribution is -2.67. The summed E-state index contributed by atoms with van der Waals surface area (Å²) in [5.41, 5.74) is 2.24. The van der Waals surface area contributed by atoms with Gasteiger partial charge in [-0.2, -0.15) is 0 Å². The van der Waals surface area contributed by atoms with Crippen molar-refractivity contribution < 1.29 is 14.3 Å². The van der Waals surface area contributed by atoms with E-state index in [9.17, 15) is 4.79 Å². The van der Waals surface area contributed by atoms with Crippen LogP contribution >= 0.6 is 0 Å². The molecule has 1 saturated carbocycles. The number of amides is 1. The molecule has 26 heavy (non-hydrogen) atoms. The topological polar surface area (TPSA) is 51.7 Å². The monoisotopic (exact) mass is 358 g/mol. The van der Waals surface area contributed by atoms with Crippen LogP contribution in [0.2, 0.25) is 0 Å². The number of rotatable bonds is 6. The highest BCUT2D eigenvalue weighted by molar-refractivity contribution is 5.80. The smallest absolute Gasteiger partial charge is 0.225 e. The van der Waals surface area contributed by atoms with Crippen molar-refractivity contribution in [2.24, 2.45) is 11.8 Å². The standard InChI is InChI=1S/C21H30N2O3/c1-16-9-18(12-22-11-16)13-25-7-5-17-6-8-26-21(10-17)14-23(15-21)20(24)19-3-2-4-19/h9,11-12,17,19H,2-8,10,13-15H2,1H3/t17-/m0/s1. The molecule has 0 bridgehead atoms. The van der Waals surface area contributed by atoms with Crippen LogP contribution in [0.15, 0.2) is 18.5 Å². The summed E-state index contributed by atoms with van der Waals surface area (Å²) in [4.78, 5) is 18.6. The van der Waals surface area contributed by atoms with Crippen LogP contribution < -0.4 is 0 Å². The highest BCUT2D eigenvalue weighted by Gasteiger charge is 2.50. The summed E-state index contributed by atoms with van der Waals surface area (Å²) in [6.45, 7) is 5.88. The van der Waals surface area contributed by atoms with E-state index < -0.39 is 0 Å². The maximum absolute atomic E-state index is 12.3. The van der Waals surface area contributed by atoms with Gasteiger partial charge in [-0.05, 0) is 56.1 Å². The molecule has 0 unspecified atom stereocenters. The minimum absolute atomic E-state index is 0.0667. The first kappa shape index (κ1) is 17.9. The number of ether oxygens (including phenoxy) is 2. The Kier molecular flexibility index (Phi) is 5.28. The van der Waals surface area contributed by atoms with Crippen LogP contribution in [0, 0.1) is 18.8 Å². The maximum atomic E-state index is 12.3. The fourth-order valence-corrected chi connectivity index (χ4v) is 4.45. The summed E-state index contributed by atoms with van der Waals surface area (Å²) in [6.07, 6.45) is 10.4. The molecule has 1 aromatic heterocycles. The van der Waals surface area contributed by atoms with E-state index in [2.05, 4.69) is 18.0 Å². The second kappa shape index (κ2) is 7.65. The minimum Gasteiger partial charge on any atom is -0.377 e. The largest absolute Gasteiger partial charge is 0.377 e. The number of hydrogen-bond acceptors (Lipinski definition) is 4. The molecule has 3 heterocycles. The zero-order valence-corrected chi connectivity index (χ0v) is 15.8. The van der Waals surface area contributed by atoms with E-state index in [-0.39, 0.29) is 5.60 Å². The third kappa shape index (κ3) is 3.94. The van der Waals surface area contributed by atoms with Gasteiger partial charge in [-0.3, -0.25) is 9.78 Å². The van der Waals surface area contributed by atoms with E-state index in [1.165, 1.54) is 12.0 Å². The summed E-state index contributed by atoms with van der Waals surface area (Å²) in [7, 11) is 0. The molecule has 5 heteroatoms. The van der Waals surface area contributed by atoms with Crippen LogP contribution in [0.5, 0.6) is 0 Å². The Bertz CT molecular complexity index is 638. The predicted molar refractivity (Wildman–Crippen MR) is 98.6 cm³/mol. The van der Waals surface area contributed by atoms with Gasteiger partial charge in [0, 0.05) is 31.5 Å². The molecule has 4 rings (SSSR count). The van der Waals surface area contributed by atoms with Gasteiger partial charge in [-0.1, -0.05) is 12.5 Å². The van der Waals surface area contributed by atoms with Gasteiger partial charge in [-0.25, -0.2) is 0 Å². The van der Waals surface area contributed by atoms with Gasteiger partial charge in [0.05, 0.1) is 19.7 Å². The van der Waals surface area contributed by atoms with Crippen molar-refractivity contribution in [3.8, 4) is 0 Å². The van der Waals surface area contributed by atoms with Gasteiger partial charge in [-0.15, -0.1) is 0 Å². The Morgan fingerprint density at radius 2 is 2.19 bits per heavy atom. The number of nitrogens with zero attached hydrogens (tertiary/aromatic N) is 2. The molecule has 2 saturated heterocycles. The third-order valence-corrected chi connectivity index (χ3v) is 6.19. The van der Waals surface area contributed by atoms with E-state index >= 15 is 0 Å². The molecule has 3 fully saturated rings. The van der Waals surface area contributed by atoms with E-state index in [4.69, 9.17) is 9.47 Å². The lowest BCUT2D eigenvalue weighted by molar-refractivity contribution is -0.193. The number of hydrogen-bond donors (Lipinski definition) is 0. The number of carbonyl (C=O) groups is 1. The quantitative estimate of drug-likeness (QED) is 0.733. The van der Waals surface area contributed by atoms with Gasteiger partial charge in [0.15, 0.2) is 0 Å². The van der Waals surface area contributed by atoms with Crippen molar-refractivity contribution in [1.29, 1.82) is 0 Å². The lowest BCUT2D eigenvalue weighted by Gasteiger charge is -2.54. The Morgan fingerprint density at radius 1 is 1.35 bits per heavy atom. The van der Waals surface area contributed by atoms with E-state index in [1.54, 1.807) is 0 Å². The van der Waals surface area contributed by atoms with E-state index in [1.807, 2.05) is 17.3 Å². The van der Waals surface area contributed by atoms with Crippen molar-refractivity contribution in [3.05, 3.63) is 29.6 Å². The van der Waals surface area contributed by atoms with Crippen molar-refractivity contribution in [2.75, 3.05) is 26.3 Å². The SMILES string of the molecule is Cc1cncc(COCC[C@H]2CCOC3(C2)CN(C(=O)C2CCC2)C3)c1. The van der Waals surface area contributed by atoms with E-state index in [0.29, 0.717) is 24.3 Å². The zero-order chi connectivity index (χ0) is 18.0. The number of carbonyl (C=O) groups excluding carboxylic acids is 1. The number of likely N-dealkylation sites (tertiary alicyclic amines) is 1. The van der Waals surface area contributed by atoms with Gasteiger partial charge in [0.1, 0.15) is 5.60 Å². The third-order valence-electron chi connectivity index (χ3n) is 6.19. The first-order valence-electron chi connectivity index (χ1n) is 10.0. The van der Waals surface area contributed by atoms with Crippen molar-refractivity contribution in [3.63, 3.8) is 0 Å². The number of aromatic nitrogens is 1. The van der Waals surface area contributed by atoms with Crippen LogP contribution in [0.25, 0.3) is 0 Å². The molecule has 1 spiro atoms. The predicted octanol–water partition coefficient (Wildman–Crippen LogP) is 3.10. The first-order chi connectivity index (χ1) is 12.6. The summed E-state index contributed by atoms with van der Waals surface area (Å²) in [6, 6.07) is 2.12. The highest BCUT2D eigenvalue weighted by Crippen LogP contribution is 2.40. The molecule has 1 aromatic rings. The first-order valence-corrected chi connectivity index (χ1v) is 10.0. The molecule has 0 aromatic carbocycles. The normalized spacial score (nSPS) is 25.0. The molecule has 5 nitrogen and oxygen atoms in total. The fourth-order valence-electron chi connectivity index (χ4n) is 4.45. The average Bonchev–Trinajstić information content (AvgIpc) is 2.55. The van der Waals surface area contributed by atoms with Crippen LogP contribution in [0.1, 0.15) is 49.7 Å². The summed E-state index contributed by atoms with van der Waals surface area (Å²) >= 11 is 0. The van der Waals surface area contributed by atoms with Gasteiger partial charge in [0.25, 0.3) is 0 Å². The molecule has 3 aliphatic rings. The zero-order valence-electron chi connectivity index (χ0n) is 15.8. The second-order valence-corrected chi connectivity index (χ2v) is 8.42. The second-order valence-electron chi connectivity index (χ2n) is 8.42. The summed E-state index contributed by atoms with van der Waals surface area (Å²) in [5.74, 6) is 1.30. The Balaban J connectivity index is 1.18. The molecule has 1 atom stereocenters. The highest BCUT2D eigenvalue weighted by atomic mass is 16.5. The van der Waals surface area contributed by atoms with Crippen LogP contribution in [0.3, 0.4) is 0 Å². The average molecular weight is 358 g/mol. The number of aryl methyl sites for hydroxylation is 1. The molecule has 1 amide bonds. The Hall–Kier alpha value is -1.46. The molecule has 0 radical (unpaired) electrons. The minimum atomic E-state index is -0.0667.